The van der Waals surface area contributed by atoms with Crippen LogP contribution >= 0.6 is 0 Å². The van der Waals surface area contributed by atoms with E-state index in [9.17, 15) is 13.2 Å². The number of amides is 1. The van der Waals surface area contributed by atoms with Gasteiger partial charge in [0.2, 0.25) is 5.91 Å². The van der Waals surface area contributed by atoms with Crippen molar-refractivity contribution < 1.29 is 13.2 Å². The summed E-state index contributed by atoms with van der Waals surface area (Å²) in [5, 5.41) is 1.57. The summed E-state index contributed by atoms with van der Waals surface area (Å²) in [4.78, 5) is 12.2. The summed E-state index contributed by atoms with van der Waals surface area (Å²) in [5.41, 5.74) is 4.47. The van der Waals surface area contributed by atoms with Crippen LogP contribution in [0.2, 0.25) is 0 Å². The van der Waals surface area contributed by atoms with Crippen LogP contribution < -0.4 is 10.4 Å². The standard InChI is InChI=1S/C17H20N2O3S/c1-14-8-10-16(11-9-14)23(21,22)13-12-17(20)18-19(2)15-6-4-3-5-7-15/h3-11H,12-13H2,1-2H3,(H,18,20). The molecule has 0 aliphatic carbocycles. The third kappa shape index (κ3) is 4.82. The fourth-order valence-electron chi connectivity index (χ4n) is 2.05. The molecule has 2 aromatic carbocycles. The lowest BCUT2D eigenvalue weighted by Crippen LogP contribution is -2.40. The number of hydrogen-bond donors (Lipinski definition) is 1. The van der Waals surface area contributed by atoms with Crippen LogP contribution in [0.15, 0.2) is 59.5 Å². The first-order valence-electron chi connectivity index (χ1n) is 7.26. The van der Waals surface area contributed by atoms with Crippen molar-refractivity contribution in [2.75, 3.05) is 17.8 Å². The molecule has 0 aliphatic rings. The van der Waals surface area contributed by atoms with Crippen molar-refractivity contribution in [3.63, 3.8) is 0 Å². The Balaban J connectivity index is 1.92. The Bertz CT molecular complexity index is 756. The van der Waals surface area contributed by atoms with Crippen LogP contribution in [0.5, 0.6) is 0 Å². The highest BCUT2D eigenvalue weighted by molar-refractivity contribution is 7.91. The topological polar surface area (TPSA) is 66.5 Å². The van der Waals surface area contributed by atoms with Crippen molar-refractivity contribution in [2.45, 2.75) is 18.2 Å². The van der Waals surface area contributed by atoms with Crippen LogP contribution in [0, 0.1) is 6.92 Å². The van der Waals surface area contributed by atoms with Crippen molar-refractivity contribution in [3.05, 3.63) is 60.2 Å². The van der Waals surface area contributed by atoms with Crippen molar-refractivity contribution in [2.24, 2.45) is 0 Å². The fourth-order valence-corrected chi connectivity index (χ4v) is 3.29. The lowest BCUT2D eigenvalue weighted by atomic mass is 10.2. The normalized spacial score (nSPS) is 11.0. The van der Waals surface area contributed by atoms with Crippen LogP contribution in [0.25, 0.3) is 0 Å². The molecule has 2 aromatic rings. The molecule has 1 amide bonds. The molecule has 0 bridgehead atoms. The number of hydrazine groups is 1. The maximum absolute atomic E-state index is 12.2. The van der Waals surface area contributed by atoms with Gasteiger partial charge in [-0.05, 0) is 31.2 Å². The predicted molar refractivity (Wildman–Crippen MR) is 90.8 cm³/mol. The molecule has 0 radical (unpaired) electrons. The van der Waals surface area contributed by atoms with Gasteiger partial charge in [-0.2, -0.15) is 0 Å². The molecule has 122 valence electrons. The van der Waals surface area contributed by atoms with E-state index in [1.807, 2.05) is 37.3 Å². The monoisotopic (exact) mass is 332 g/mol. The summed E-state index contributed by atoms with van der Waals surface area (Å²) in [6.45, 7) is 1.89. The Morgan fingerprint density at radius 1 is 1.04 bits per heavy atom. The molecule has 0 aromatic heterocycles. The molecule has 0 saturated heterocycles. The number of anilines is 1. The van der Waals surface area contributed by atoms with E-state index in [0.717, 1.165) is 11.3 Å². The fraction of sp³-hybridized carbons (Fsp3) is 0.235. The van der Waals surface area contributed by atoms with Gasteiger partial charge >= 0.3 is 0 Å². The summed E-state index contributed by atoms with van der Waals surface area (Å²) in [5.74, 6) is -0.558. The van der Waals surface area contributed by atoms with Crippen LogP contribution in [-0.2, 0) is 14.6 Å². The second-order valence-corrected chi connectivity index (χ2v) is 7.42. The van der Waals surface area contributed by atoms with Crippen molar-refractivity contribution >= 4 is 21.4 Å². The maximum Gasteiger partial charge on any atom is 0.239 e. The number of carbonyl (C=O) groups excluding carboxylic acids is 1. The van der Waals surface area contributed by atoms with Crippen LogP contribution in [0.4, 0.5) is 5.69 Å². The minimum absolute atomic E-state index is 0.0899. The molecular weight excluding hydrogens is 312 g/mol. The predicted octanol–water partition coefficient (Wildman–Crippen LogP) is 2.33. The lowest BCUT2D eigenvalue weighted by molar-refractivity contribution is -0.120. The van der Waals surface area contributed by atoms with E-state index < -0.39 is 9.84 Å². The summed E-state index contributed by atoms with van der Waals surface area (Å²) in [6.07, 6.45) is -0.0899. The first-order valence-corrected chi connectivity index (χ1v) is 8.91. The molecule has 1 N–H and O–H groups in total. The number of para-hydroxylation sites is 1. The molecule has 0 spiro atoms. The van der Waals surface area contributed by atoms with Gasteiger partial charge in [0.15, 0.2) is 9.84 Å². The van der Waals surface area contributed by atoms with E-state index in [0.29, 0.717) is 0 Å². The Morgan fingerprint density at radius 2 is 1.65 bits per heavy atom. The van der Waals surface area contributed by atoms with Crippen molar-refractivity contribution in [3.8, 4) is 0 Å². The minimum Gasteiger partial charge on any atom is -0.289 e. The Kier molecular flexibility index (Phi) is 5.39. The Labute approximate surface area is 136 Å². The highest BCUT2D eigenvalue weighted by Gasteiger charge is 2.17. The molecule has 0 unspecified atom stereocenters. The van der Waals surface area contributed by atoms with E-state index >= 15 is 0 Å². The number of nitrogens with one attached hydrogen (secondary N) is 1. The number of sulfone groups is 1. The van der Waals surface area contributed by atoms with Gasteiger partial charge in [-0.3, -0.25) is 15.2 Å². The van der Waals surface area contributed by atoms with Crippen LogP contribution in [-0.4, -0.2) is 27.1 Å². The molecule has 0 saturated carbocycles. The molecule has 23 heavy (non-hydrogen) atoms. The number of nitrogens with zero attached hydrogens (tertiary/aromatic N) is 1. The molecule has 0 heterocycles. The van der Waals surface area contributed by atoms with Gasteiger partial charge in [0.1, 0.15) is 0 Å². The lowest BCUT2D eigenvalue weighted by Gasteiger charge is -2.20. The van der Waals surface area contributed by atoms with Gasteiger partial charge in [-0.15, -0.1) is 0 Å². The highest BCUT2D eigenvalue weighted by Crippen LogP contribution is 2.13. The average molecular weight is 332 g/mol. The summed E-state index contributed by atoms with van der Waals surface area (Å²) in [6, 6.07) is 15.9. The Hall–Kier alpha value is -2.34. The smallest absolute Gasteiger partial charge is 0.239 e. The molecule has 5 nitrogen and oxygen atoms in total. The van der Waals surface area contributed by atoms with Gasteiger partial charge in [-0.1, -0.05) is 35.9 Å². The van der Waals surface area contributed by atoms with E-state index in [-0.39, 0.29) is 23.0 Å². The first kappa shape index (κ1) is 17.0. The van der Waals surface area contributed by atoms with Crippen LogP contribution in [0.1, 0.15) is 12.0 Å². The number of aryl methyl sites for hydroxylation is 1. The van der Waals surface area contributed by atoms with Gasteiger partial charge in [-0.25, -0.2) is 8.42 Å². The van der Waals surface area contributed by atoms with E-state index in [4.69, 9.17) is 0 Å². The summed E-state index contributed by atoms with van der Waals surface area (Å²) < 4.78 is 24.4. The van der Waals surface area contributed by atoms with E-state index in [2.05, 4.69) is 5.43 Å². The zero-order chi connectivity index (χ0) is 16.9. The number of rotatable bonds is 6. The van der Waals surface area contributed by atoms with Crippen molar-refractivity contribution in [1.82, 2.24) is 5.43 Å². The third-order valence-corrected chi connectivity index (χ3v) is 5.15. The molecule has 0 atom stereocenters. The Morgan fingerprint density at radius 3 is 2.26 bits per heavy atom. The van der Waals surface area contributed by atoms with Gasteiger partial charge < -0.3 is 0 Å². The third-order valence-electron chi connectivity index (χ3n) is 3.41. The van der Waals surface area contributed by atoms with Gasteiger partial charge in [0.05, 0.1) is 16.3 Å². The average Bonchev–Trinajstić information content (AvgIpc) is 2.54. The molecule has 2 rings (SSSR count). The zero-order valence-electron chi connectivity index (χ0n) is 13.2. The first-order chi connectivity index (χ1) is 10.9. The van der Waals surface area contributed by atoms with E-state index in [1.54, 1.807) is 36.3 Å². The van der Waals surface area contributed by atoms with Gasteiger partial charge in [0.25, 0.3) is 0 Å². The second-order valence-electron chi connectivity index (χ2n) is 5.31. The largest absolute Gasteiger partial charge is 0.289 e. The summed E-state index contributed by atoms with van der Waals surface area (Å²) in [7, 11) is -1.74. The molecule has 0 aliphatic heterocycles. The number of carbonyl (C=O) groups is 1. The maximum atomic E-state index is 12.2. The van der Waals surface area contributed by atoms with Crippen LogP contribution in [0.3, 0.4) is 0 Å². The molecule has 0 fully saturated rings. The zero-order valence-corrected chi connectivity index (χ0v) is 14.0. The minimum atomic E-state index is -3.45. The quantitative estimate of drug-likeness (QED) is 0.825. The molecular formula is C17H20N2O3S. The SMILES string of the molecule is Cc1ccc(S(=O)(=O)CCC(=O)NN(C)c2ccccc2)cc1. The summed E-state index contributed by atoms with van der Waals surface area (Å²) >= 11 is 0. The van der Waals surface area contributed by atoms with E-state index in [1.165, 1.54) is 0 Å². The number of benzene rings is 2. The number of hydrogen-bond acceptors (Lipinski definition) is 4. The van der Waals surface area contributed by atoms with Gasteiger partial charge in [0, 0.05) is 13.5 Å². The van der Waals surface area contributed by atoms with Crippen molar-refractivity contribution in [1.29, 1.82) is 0 Å². The second kappa shape index (κ2) is 7.28. The molecule has 6 heteroatoms. The highest BCUT2D eigenvalue weighted by atomic mass is 32.2.